The van der Waals surface area contributed by atoms with Gasteiger partial charge in [0.25, 0.3) is 0 Å². The first-order valence-electron chi connectivity index (χ1n) is 5.71. The fraction of sp³-hybridized carbons (Fsp3) is 0.917. The zero-order valence-corrected chi connectivity index (χ0v) is 10.8. The van der Waals surface area contributed by atoms with Crippen molar-refractivity contribution in [1.29, 1.82) is 5.26 Å². The van der Waals surface area contributed by atoms with Crippen molar-refractivity contribution in [3.63, 3.8) is 0 Å². The number of rotatable bonds is 7. The third kappa shape index (κ3) is 7.35. The van der Waals surface area contributed by atoms with Crippen molar-refractivity contribution in [1.82, 2.24) is 10.2 Å². The SMILES string of the molecule is CC(C)N(C)CCNCCC(C)(C)C#N. The van der Waals surface area contributed by atoms with E-state index in [0.717, 1.165) is 26.1 Å². The Balaban J connectivity index is 3.45. The van der Waals surface area contributed by atoms with Gasteiger partial charge in [0.1, 0.15) is 0 Å². The molecule has 0 heterocycles. The molecule has 0 aliphatic carbocycles. The van der Waals surface area contributed by atoms with Crippen LogP contribution in [0.2, 0.25) is 0 Å². The predicted octanol–water partition coefficient (Wildman–Crippen LogP) is 1.86. The van der Waals surface area contributed by atoms with Crippen LogP contribution in [-0.2, 0) is 0 Å². The maximum absolute atomic E-state index is 8.83. The summed E-state index contributed by atoms with van der Waals surface area (Å²) in [6.07, 6.45) is 0.912. The van der Waals surface area contributed by atoms with Crippen molar-refractivity contribution in [2.75, 3.05) is 26.7 Å². The van der Waals surface area contributed by atoms with Gasteiger partial charge in [0.2, 0.25) is 0 Å². The molecule has 0 rings (SSSR count). The zero-order valence-electron chi connectivity index (χ0n) is 10.8. The van der Waals surface area contributed by atoms with Gasteiger partial charge in [0, 0.05) is 19.1 Å². The Morgan fingerprint density at radius 1 is 1.33 bits per heavy atom. The highest BCUT2D eigenvalue weighted by molar-refractivity contribution is 4.91. The van der Waals surface area contributed by atoms with E-state index < -0.39 is 0 Å². The first kappa shape index (κ1) is 14.4. The van der Waals surface area contributed by atoms with Crippen LogP contribution >= 0.6 is 0 Å². The summed E-state index contributed by atoms with van der Waals surface area (Å²) in [5.41, 5.74) is -0.197. The molecule has 3 nitrogen and oxygen atoms in total. The van der Waals surface area contributed by atoms with E-state index in [1.807, 2.05) is 13.8 Å². The summed E-state index contributed by atoms with van der Waals surface area (Å²) in [7, 11) is 2.13. The summed E-state index contributed by atoms with van der Waals surface area (Å²) < 4.78 is 0. The van der Waals surface area contributed by atoms with Crippen LogP contribution in [0.25, 0.3) is 0 Å². The van der Waals surface area contributed by atoms with Gasteiger partial charge in [0.05, 0.1) is 11.5 Å². The lowest BCUT2D eigenvalue weighted by atomic mass is 9.91. The van der Waals surface area contributed by atoms with E-state index in [1.54, 1.807) is 0 Å². The fourth-order valence-corrected chi connectivity index (χ4v) is 1.10. The molecule has 88 valence electrons. The van der Waals surface area contributed by atoms with Gasteiger partial charge in [-0.1, -0.05) is 0 Å². The van der Waals surface area contributed by atoms with Crippen LogP contribution in [0, 0.1) is 16.7 Å². The van der Waals surface area contributed by atoms with Crippen molar-refractivity contribution in [2.24, 2.45) is 5.41 Å². The third-order valence-electron chi connectivity index (χ3n) is 2.75. The van der Waals surface area contributed by atoms with Gasteiger partial charge < -0.3 is 10.2 Å². The van der Waals surface area contributed by atoms with E-state index in [4.69, 9.17) is 5.26 Å². The van der Waals surface area contributed by atoms with E-state index in [-0.39, 0.29) is 5.41 Å². The highest BCUT2D eigenvalue weighted by Gasteiger charge is 2.15. The van der Waals surface area contributed by atoms with Gasteiger partial charge in [-0.25, -0.2) is 0 Å². The number of hydrogen-bond acceptors (Lipinski definition) is 3. The lowest BCUT2D eigenvalue weighted by molar-refractivity contribution is 0.271. The average molecular weight is 211 g/mol. The van der Waals surface area contributed by atoms with Crippen LogP contribution in [-0.4, -0.2) is 37.6 Å². The van der Waals surface area contributed by atoms with Crippen LogP contribution in [0.4, 0.5) is 0 Å². The summed E-state index contributed by atoms with van der Waals surface area (Å²) in [5, 5.41) is 12.2. The Bertz CT molecular complexity index is 203. The van der Waals surface area contributed by atoms with Crippen LogP contribution in [0.5, 0.6) is 0 Å². The van der Waals surface area contributed by atoms with Gasteiger partial charge >= 0.3 is 0 Å². The Kier molecular flexibility index (Phi) is 6.55. The van der Waals surface area contributed by atoms with Gasteiger partial charge in [-0.05, 0) is 47.7 Å². The predicted molar refractivity (Wildman–Crippen MR) is 64.6 cm³/mol. The summed E-state index contributed by atoms with van der Waals surface area (Å²) in [6, 6.07) is 2.91. The van der Waals surface area contributed by atoms with E-state index in [1.165, 1.54) is 0 Å². The molecule has 0 aromatic heterocycles. The highest BCUT2D eigenvalue weighted by Crippen LogP contribution is 2.16. The second-order valence-electron chi connectivity index (χ2n) is 5.07. The third-order valence-corrected chi connectivity index (χ3v) is 2.75. The van der Waals surface area contributed by atoms with Gasteiger partial charge in [-0.15, -0.1) is 0 Å². The normalized spacial score (nSPS) is 12.1. The average Bonchev–Trinajstić information content (AvgIpc) is 2.16. The molecule has 0 aliphatic heterocycles. The molecule has 0 fully saturated rings. The molecule has 0 unspecified atom stereocenters. The van der Waals surface area contributed by atoms with Gasteiger partial charge in [-0.3, -0.25) is 0 Å². The molecule has 0 aromatic rings. The van der Waals surface area contributed by atoms with Crippen molar-refractivity contribution in [3.8, 4) is 6.07 Å². The Hall–Kier alpha value is -0.590. The number of likely N-dealkylation sites (N-methyl/N-ethyl adjacent to an activating group) is 1. The first-order valence-corrected chi connectivity index (χ1v) is 5.71. The molecule has 0 saturated carbocycles. The summed E-state index contributed by atoms with van der Waals surface area (Å²) >= 11 is 0. The summed E-state index contributed by atoms with van der Waals surface area (Å²) in [4.78, 5) is 2.31. The summed E-state index contributed by atoms with van der Waals surface area (Å²) in [6.45, 7) is 11.3. The van der Waals surface area contributed by atoms with Crippen molar-refractivity contribution >= 4 is 0 Å². The standard InChI is InChI=1S/C12H25N3/c1-11(2)15(5)9-8-14-7-6-12(3,4)10-13/h11,14H,6-9H2,1-5H3. The van der Waals surface area contributed by atoms with E-state index in [9.17, 15) is 0 Å². The van der Waals surface area contributed by atoms with E-state index in [0.29, 0.717) is 6.04 Å². The van der Waals surface area contributed by atoms with Crippen molar-refractivity contribution < 1.29 is 0 Å². The molecule has 0 bridgehead atoms. The van der Waals surface area contributed by atoms with Crippen LogP contribution < -0.4 is 5.32 Å². The van der Waals surface area contributed by atoms with Crippen LogP contribution in [0.3, 0.4) is 0 Å². The molecule has 0 amide bonds. The molecule has 1 N–H and O–H groups in total. The molecular weight excluding hydrogens is 186 g/mol. The first-order chi connectivity index (χ1) is 6.89. The van der Waals surface area contributed by atoms with Crippen LogP contribution in [0.15, 0.2) is 0 Å². The molecule has 0 atom stereocenters. The largest absolute Gasteiger partial charge is 0.315 e. The zero-order chi connectivity index (χ0) is 11.9. The second kappa shape index (κ2) is 6.81. The maximum atomic E-state index is 8.83. The second-order valence-corrected chi connectivity index (χ2v) is 5.07. The van der Waals surface area contributed by atoms with Gasteiger partial charge in [-0.2, -0.15) is 5.26 Å². The number of hydrogen-bond donors (Lipinski definition) is 1. The minimum atomic E-state index is -0.197. The molecule has 0 radical (unpaired) electrons. The number of nitrogens with one attached hydrogen (secondary N) is 1. The van der Waals surface area contributed by atoms with Crippen molar-refractivity contribution in [3.05, 3.63) is 0 Å². The van der Waals surface area contributed by atoms with E-state index >= 15 is 0 Å². The Labute approximate surface area is 94.5 Å². The molecule has 0 aromatic carbocycles. The lowest BCUT2D eigenvalue weighted by Gasteiger charge is -2.21. The quantitative estimate of drug-likeness (QED) is 0.653. The molecule has 15 heavy (non-hydrogen) atoms. The van der Waals surface area contributed by atoms with Crippen molar-refractivity contribution in [2.45, 2.75) is 40.2 Å². The Morgan fingerprint density at radius 2 is 1.93 bits per heavy atom. The number of nitriles is 1. The molecule has 0 saturated heterocycles. The monoisotopic (exact) mass is 211 g/mol. The highest BCUT2D eigenvalue weighted by atomic mass is 15.1. The lowest BCUT2D eigenvalue weighted by Crippen LogP contribution is -2.34. The molecular formula is C12H25N3. The molecule has 3 heteroatoms. The molecule has 0 spiro atoms. The maximum Gasteiger partial charge on any atom is 0.0684 e. The van der Waals surface area contributed by atoms with E-state index in [2.05, 4.69) is 37.2 Å². The smallest absolute Gasteiger partial charge is 0.0684 e. The Morgan fingerprint density at radius 3 is 2.40 bits per heavy atom. The molecule has 0 aliphatic rings. The summed E-state index contributed by atoms with van der Waals surface area (Å²) in [5.74, 6) is 0. The number of nitrogens with zero attached hydrogens (tertiary/aromatic N) is 2. The fourth-order valence-electron chi connectivity index (χ4n) is 1.10. The minimum absolute atomic E-state index is 0.197. The van der Waals surface area contributed by atoms with Gasteiger partial charge in [0.15, 0.2) is 0 Å². The van der Waals surface area contributed by atoms with Crippen LogP contribution in [0.1, 0.15) is 34.1 Å². The topological polar surface area (TPSA) is 39.1 Å². The minimum Gasteiger partial charge on any atom is -0.315 e.